The van der Waals surface area contributed by atoms with E-state index in [0.29, 0.717) is 11.4 Å². The van der Waals surface area contributed by atoms with Crippen molar-refractivity contribution in [2.45, 2.75) is 44.8 Å². The fraction of sp³-hybridized carbons (Fsp3) is 0.280. The number of aromatic nitrogens is 1. The summed E-state index contributed by atoms with van der Waals surface area (Å²) in [5, 5.41) is 11.4. The van der Waals surface area contributed by atoms with E-state index in [1.165, 1.54) is 12.1 Å². The van der Waals surface area contributed by atoms with Crippen LogP contribution in [0.3, 0.4) is 0 Å². The molecule has 31 heavy (non-hydrogen) atoms. The van der Waals surface area contributed by atoms with Gasteiger partial charge >= 0.3 is 5.97 Å². The Morgan fingerprint density at radius 2 is 1.97 bits per heavy atom. The Balaban J connectivity index is 1.94. The maximum absolute atomic E-state index is 13.6. The molecule has 0 unspecified atom stereocenters. The summed E-state index contributed by atoms with van der Waals surface area (Å²) in [5.74, 6) is -0.623. The van der Waals surface area contributed by atoms with Crippen molar-refractivity contribution in [1.29, 1.82) is 0 Å². The van der Waals surface area contributed by atoms with Crippen LogP contribution in [-0.2, 0) is 9.53 Å². The molecule has 1 N–H and O–H groups in total. The number of cyclic esters (lactones) is 1. The first-order chi connectivity index (χ1) is 14.8. The van der Waals surface area contributed by atoms with Crippen LogP contribution in [0, 0.1) is 5.82 Å². The molecule has 2 atom stereocenters. The number of esters is 1. The lowest BCUT2D eigenvalue weighted by molar-refractivity contribution is -0.156. The molecule has 160 valence electrons. The second kappa shape index (κ2) is 8.77. The highest BCUT2D eigenvalue weighted by Crippen LogP contribution is 2.38. The minimum atomic E-state index is -0.717. The highest BCUT2D eigenvalue weighted by Gasteiger charge is 2.26. The highest BCUT2D eigenvalue weighted by atomic mass is 35.5. The van der Waals surface area contributed by atoms with Gasteiger partial charge in [0.2, 0.25) is 0 Å². The molecule has 0 radical (unpaired) electrons. The van der Waals surface area contributed by atoms with E-state index in [0.717, 1.165) is 33.3 Å². The average molecular weight is 440 g/mol. The summed E-state index contributed by atoms with van der Waals surface area (Å²) in [5.41, 5.74) is 4.23. The van der Waals surface area contributed by atoms with Crippen LogP contribution in [0.5, 0.6) is 0 Å². The summed E-state index contributed by atoms with van der Waals surface area (Å²) in [7, 11) is 0. The van der Waals surface area contributed by atoms with Crippen molar-refractivity contribution in [3.63, 3.8) is 0 Å². The molecule has 0 bridgehead atoms. The van der Waals surface area contributed by atoms with Crippen molar-refractivity contribution in [3.05, 3.63) is 70.6 Å². The van der Waals surface area contributed by atoms with E-state index in [9.17, 15) is 14.3 Å². The Hall–Kier alpha value is -2.76. The number of aliphatic hydroxyl groups is 1. The smallest absolute Gasteiger partial charge is 0.309 e. The number of pyridine rings is 1. The van der Waals surface area contributed by atoms with Crippen LogP contribution in [0.2, 0.25) is 5.02 Å². The zero-order valence-electron chi connectivity index (χ0n) is 17.3. The molecule has 3 aromatic rings. The molecule has 0 spiro atoms. The van der Waals surface area contributed by atoms with E-state index in [2.05, 4.69) is 13.8 Å². The van der Waals surface area contributed by atoms with Gasteiger partial charge in [-0.15, -0.1) is 0 Å². The van der Waals surface area contributed by atoms with E-state index < -0.39 is 18.2 Å². The average Bonchev–Trinajstić information content (AvgIpc) is 2.71. The third kappa shape index (κ3) is 4.63. The van der Waals surface area contributed by atoms with Gasteiger partial charge in [0.1, 0.15) is 11.9 Å². The third-order valence-corrected chi connectivity index (χ3v) is 5.60. The molecule has 1 aliphatic heterocycles. The Morgan fingerprint density at radius 3 is 2.65 bits per heavy atom. The molecular formula is C25H23ClFNO3. The predicted molar refractivity (Wildman–Crippen MR) is 120 cm³/mol. The van der Waals surface area contributed by atoms with Gasteiger partial charge in [-0.05, 0) is 47.9 Å². The van der Waals surface area contributed by atoms with Gasteiger partial charge in [-0.1, -0.05) is 43.7 Å². The molecule has 6 heteroatoms. The minimum absolute atomic E-state index is 0.0123. The molecule has 4 rings (SSSR count). The molecule has 4 nitrogen and oxygen atoms in total. The third-order valence-electron chi connectivity index (χ3n) is 5.36. The number of benzene rings is 2. The van der Waals surface area contributed by atoms with E-state index >= 15 is 0 Å². The number of hydrogen-bond acceptors (Lipinski definition) is 4. The van der Waals surface area contributed by atoms with Crippen LogP contribution < -0.4 is 0 Å². The summed E-state index contributed by atoms with van der Waals surface area (Å²) in [6.45, 7) is 4.11. The standard InChI is InChI=1S/C25H23ClFNO3/c1-14(2)25-20(9-8-19-12-18(29)13-23(30)31-19)24(15-3-6-17(27)7-4-15)21-11-16(26)5-10-22(21)28-25/h3-11,14,18-19,29H,12-13H2,1-2H3/b9-8+/t18-,19-/m1/s1. The van der Waals surface area contributed by atoms with Crippen molar-refractivity contribution in [2.24, 2.45) is 0 Å². The van der Waals surface area contributed by atoms with Gasteiger partial charge in [0, 0.05) is 28.0 Å². The van der Waals surface area contributed by atoms with Gasteiger partial charge in [0.25, 0.3) is 0 Å². The predicted octanol–water partition coefficient (Wildman–Crippen LogP) is 5.90. The molecule has 1 aromatic heterocycles. The molecule has 1 aliphatic rings. The van der Waals surface area contributed by atoms with Crippen LogP contribution in [0.25, 0.3) is 28.1 Å². The Labute approximate surface area is 185 Å². The van der Waals surface area contributed by atoms with Crippen molar-refractivity contribution >= 4 is 34.5 Å². The second-order valence-corrected chi connectivity index (χ2v) is 8.53. The van der Waals surface area contributed by atoms with E-state index in [1.807, 2.05) is 18.2 Å². The summed E-state index contributed by atoms with van der Waals surface area (Å²) in [4.78, 5) is 16.6. The molecule has 1 saturated heterocycles. The molecule has 0 saturated carbocycles. The zero-order chi connectivity index (χ0) is 22.1. The van der Waals surface area contributed by atoms with Crippen molar-refractivity contribution in [1.82, 2.24) is 4.98 Å². The minimum Gasteiger partial charge on any atom is -0.458 e. The molecule has 0 amide bonds. The lowest BCUT2D eigenvalue weighted by atomic mass is 9.90. The number of ether oxygens (including phenoxy) is 1. The highest BCUT2D eigenvalue weighted by molar-refractivity contribution is 6.31. The van der Waals surface area contributed by atoms with E-state index in [-0.39, 0.29) is 18.2 Å². The maximum atomic E-state index is 13.6. The first-order valence-corrected chi connectivity index (χ1v) is 10.6. The number of carbonyl (C=O) groups excluding carboxylic acids is 1. The second-order valence-electron chi connectivity index (χ2n) is 8.09. The Bertz CT molecular complexity index is 1160. The summed E-state index contributed by atoms with van der Waals surface area (Å²) < 4.78 is 19.0. The van der Waals surface area contributed by atoms with Crippen LogP contribution >= 0.6 is 11.6 Å². The van der Waals surface area contributed by atoms with Crippen molar-refractivity contribution in [2.75, 3.05) is 0 Å². The number of rotatable bonds is 4. The first kappa shape index (κ1) is 21.5. The Morgan fingerprint density at radius 1 is 1.23 bits per heavy atom. The number of fused-ring (bicyclic) bond motifs is 1. The summed E-state index contributed by atoms with van der Waals surface area (Å²) in [6.07, 6.45) is 2.79. The van der Waals surface area contributed by atoms with Gasteiger partial charge in [0.15, 0.2) is 0 Å². The number of aliphatic hydroxyl groups excluding tert-OH is 1. The van der Waals surface area contributed by atoms with Gasteiger partial charge in [0.05, 0.1) is 23.7 Å². The van der Waals surface area contributed by atoms with Crippen LogP contribution in [-0.4, -0.2) is 28.3 Å². The van der Waals surface area contributed by atoms with Crippen LogP contribution in [0.15, 0.2) is 48.5 Å². The molecule has 0 aliphatic carbocycles. The normalized spacial score (nSPS) is 19.4. The molecular weight excluding hydrogens is 417 g/mol. The Kier molecular flexibility index (Phi) is 6.08. The number of hydrogen-bond donors (Lipinski definition) is 1. The topological polar surface area (TPSA) is 59.4 Å². The first-order valence-electron chi connectivity index (χ1n) is 10.3. The SMILES string of the molecule is CC(C)c1nc2ccc(Cl)cc2c(-c2ccc(F)cc2)c1/C=C/[C@@H]1C[C@@H](O)CC(=O)O1. The van der Waals surface area contributed by atoms with Crippen LogP contribution in [0.4, 0.5) is 4.39 Å². The maximum Gasteiger partial charge on any atom is 0.309 e. The zero-order valence-corrected chi connectivity index (χ0v) is 18.1. The van der Waals surface area contributed by atoms with Gasteiger partial charge < -0.3 is 9.84 Å². The fourth-order valence-corrected chi connectivity index (χ4v) is 4.11. The number of carbonyl (C=O) groups is 1. The number of halogens is 2. The molecule has 2 heterocycles. The lowest BCUT2D eigenvalue weighted by Gasteiger charge is -2.24. The lowest BCUT2D eigenvalue weighted by Crippen LogP contribution is -2.31. The van der Waals surface area contributed by atoms with Crippen LogP contribution in [0.1, 0.15) is 43.9 Å². The van der Waals surface area contributed by atoms with E-state index in [1.54, 1.807) is 24.3 Å². The largest absolute Gasteiger partial charge is 0.458 e. The van der Waals surface area contributed by atoms with Gasteiger partial charge in [-0.2, -0.15) is 0 Å². The molecule has 1 fully saturated rings. The number of nitrogens with zero attached hydrogens (tertiary/aromatic N) is 1. The fourth-order valence-electron chi connectivity index (χ4n) is 3.94. The quantitative estimate of drug-likeness (QED) is 0.514. The van der Waals surface area contributed by atoms with Crippen molar-refractivity contribution < 1.29 is 19.0 Å². The summed E-state index contributed by atoms with van der Waals surface area (Å²) >= 11 is 6.30. The van der Waals surface area contributed by atoms with E-state index in [4.69, 9.17) is 21.3 Å². The van der Waals surface area contributed by atoms with Crippen molar-refractivity contribution in [3.8, 4) is 11.1 Å². The van der Waals surface area contributed by atoms with Gasteiger partial charge in [-0.3, -0.25) is 9.78 Å². The van der Waals surface area contributed by atoms with Gasteiger partial charge in [-0.25, -0.2) is 4.39 Å². The summed E-state index contributed by atoms with van der Waals surface area (Å²) in [6, 6.07) is 11.8. The monoisotopic (exact) mass is 439 g/mol. The molecule has 2 aromatic carbocycles.